The molecule has 2 aromatic rings. The zero-order chi connectivity index (χ0) is 19.5. The maximum absolute atomic E-state index is 12.8. The van der Waals surface area contributed by atoms with Gasteiger partial charge in [0.2, 0.25) is 5.91 Å². The lowest BCUT2D eigenvalue weighted by molar-refractivity contribution is -0.117. The molecule has 3 unspecified atom stereocenters. The van der Waals surface area contributed by atoms with E-state index in [1.807, 2.05) is 17.8 Å². The number of hydrogen-bond donors (Lipinski definition) is 2. The third kappa shape index (κ3) is 4.00. The van der Waals surface area contributed by atoms with Crippen LogP contribution in [-0.4, -0.2) is 28.8 Å². The fourth-order valence-electron chi connectivity index (χ4n) is 4.83. The van der Waals surface area contributed by atoms with Crippen LogP contribution in [0.15, 0.2) is 30.5 Å². The van der Waals surface area contributed by atoms with Gasteiger partial charge in [-0.3, -0.25) is 4.79 Å². The SMILES string of the molecule is Cc1cnn(C2CCCc3ccccc32)c1NC(=O)CC(C)C1CCCNC1. The average molecular weight is 381 g/mol. The highest BCUT2D eigenvalue weighted by molar-refractivity contribution is 5.90. The van der Waals surface area contributed by atoms with Crippen molar-refractivity contribution < 1.29 is 4.79 Å². The molecule has 0 radical (unpaired) electrons. The molecule has 0 bridgehead atoms. The summed E-state index contributed by atoms with van der Waals surface area (Å²) in [4.78, 5) is 12.8. The van der Waals surface area contributed by atoms with Crippen LogP contribution in [0.5, 0.6) is 0 Å². The van der Waals surface area contributed by atoms with E-state index >= 15 is 0 Å². The Hall–Kier alpha value is -2.14. The fourth-order valence-corrected chi connectivity index (χ4v) is 4.83. The van der Waals surface area contributed by atoms with Crippen molar-refractivity contribution in [1.29, 1.82) is 0 Å². The summed E-state index contributed by atoms with van der Waals surface area (Å²) in [5, 5.41) is 11.3. The van der Waals surface area contributed by atoms with E-state index < -0.39 is 0 Å². The highest BCUT2D eigenvalue weighted by Crippen LogP contribution is 2.35. The van der Waals surface area contributed by atoms with Gasteiger partial charge in [-0.15, -0.1) is 0 Å². The molecule has 0 spiro atoms. The molecule has 150 valence electrons. The largest absolute Gasteiger partial charge is 0.316 e. The quantitative estimate of drug-likeness (QED) is 0.822. The Bertz CT molecular complexity index is 822. The van der Waals surface area contributed by atoms with Crippen LogP contribution in [0.4, 0.5) is 5.82 Å². The molecule has 2 aliphatic rings. The third-order valence-corrected chi connectivity index (χ3v) is 6.52. The van der Waals surface area contributed by atoms with Crippen LogP contribution in [0.1, 0.15) is 61.8 Å². The van der Waals surface area contributed by atoms with Gasteiger partial charge in [0.15, 0.2) is 0 Å². The van der Waals surface area contributed by atoms with Gasteiger partial charge in [-0.25, -0.2) is 4.68 Å². The molecule has 1 aromatic carbocycles. The molecule has 2 heterocycles. The Morgan fingerprint density at radius 2 is 2.18 bits per heavy atom. The van der Waals surface area contributed by atoms with E-state index in [0.29, 0.717) is 18.3 Å². The minimum Gasteiger partial charge on any atom is -0.316 e. The number of nitrogens with one attached hydrogen (secondary N) is 2. The van der Waals surface area contributed by atoms with E-state index in [9.17, 15) is 4.79 Å². The number of aryl methyl sites for hydroxylation is 2. The van der Waals surface area contributed by atoms with Crippen LogP contribution in [0.2, 0.25) is 0 Å². The van der Waals surface area contributed by atoms with Crippen LogP contribution in [0, 0.1) is 18.8 Å². The Labute approximate surface area is 167 Å². The number of fused-ring (bicyclic) bond motifs is 1. The fraction of sp³-hybridized carbons (Fsp3) is 0.565. The predicted octanol–water partition coefficient (Wildman–Crippen LogP) is 4.08. The molecule has 1 amide bonds. The highest BCUT2D eigenvalue weighted by Gasteiger charge is 2.26. The predicted molar refractivity (Wildman–Crippen MR) is 112 cm³/mol. The molecule has 4 rings (SSSR count). The van der Waals surface area contributed by atoms with Crippen molar-refractivity contribution in [2.24, 2.45) is 11.8 Å². The lowest BCUT2D eigenvalue weighted by Crippen LogP contribution is -2.34. The molecule has 1 fully saturated rings. The van der Waals surface area contributed by atoms with Gasteiger partial charge >= 0.3 is 0 Å². The monoisotopic (exact) mass is 380 g/mol. The second kappa shape index (κ2) is 8.48. The van der Waals surface area contributed by atoms with Crippen molar-refractivity contribution in [2.45, 2.75) is 58.4 Å². The van der Waals surface area contributed by atoms with Gasteiger partial charge in [0.05, 0.1) is 12.2 Å². The Balaban J connectivity index is 1.49. The topological polar surface area (TPSA) is 59.0 Å². The number of anilines is 1. The summed E-state index contributed by atoms with van der Waals surface area (Å²) in [5.41, 5.74) is 3.78. The summed E-state index contributed by atoms with van der Waals surface area (Å²) in [6.45, 7) is 6.38. The van der Waals surface area contributed by atoms with Crippen molar-refractivity contribution in [3.05, 3.63) is 47.2 Å². The summed E-state index contributed by atoms with van der Waals surface area (Å²) in [7, 11) is 0. The lowest BCUT2D eigenvalue weighted by atomic mass is 9.85. The number of amides is 1. The van der Waals surface area contributed by atoms with Crippen molar-refractivity contribution >= 4 is 11.7 Å². The number of benzene rings is 1. The maximum atomic E-state index is 12.8. The first kappa shape index (κ1) is 19.2. The van der Waals surface area contributed by atoms with Crippen molar-refractivity contribution in [3.63, 3.8) is 0 Å². The maximum Gasteiger partial charge on any atom is 0.225 e. The summed E-state index contributed by atoms with van der Waals surface area (Å²) < 4.78 is 2.04. The van der Waals surface area contributed by atoms with Gasteiger partial charge in [-0.1, -0.05) is 31.2 Å². The molecular formula is C23H32N4O. The van der Waals surface area contributed by atoms with E-state index in [-0.39, 0.29) is 11.9 Å². The van der Waals surface area contributed by atoms with Crippen LogP contribution < -0.4 is 10.6 Å². The molecule has 1 aliphatic carbocycles. The molecule has 5 nitrogen and oxygen atoms in total. The molecule has 5 heteroatoms. The molecule has 2 N–H and O–H groups in total. The second-order valence-electron chi connectivity index (χ2n) is 8.56. The van der Waals surface area contributed by atoms with Gasteiger partial charge in [0, 0.05) is 12.0 Å². The number of carbonyl (C=O) groups excluding carboxylic acids is 1. The standard InChI is InChI=1S/C23H32N4O/c1-16(19-9-6-12-24-15-19)13-22(28)26-23-17(2)14-25-27(23)21-11-5-8-18-7-3-4-10-20(18)21/h3-4,7,10,14,16,19,21,24H,5-6,8-9,11-13,15H2,1-2H3,(H,26,28). The molecule has 1 aliphatic heterocycles. The van der Waals surface area contributed by atoms with Gasteiger partial charge < -0.3 is 10.6 Å². The van der Waals surface area contributed by atoms with E-state index in [4.69, 9.17) is 0 Å². The highest BCUT2D eigenvalue weighted by atomic mass is 16.1. The van der Waals surface area contributed by atoms with Gasteiger partial charge in [0.25, 0.3) is 0 Å². The van der Waals surface area contributed by atoms with Crippen LogP contribution in [0.3, 0.4) is 0 Å². The van der Waals surface area contributed by atoms with E-state index in [1.54, 1.807) is 0 Å². The number of carbonyl (C=O) groups is 1. The second-order valence-corrected chi connectivity index (χ2v) is 8.56. The minimum atomic E-state index is 0.104. The molecule has 0 saturated carbocycles. The van der Waals surface area contributed by atoms with Gasteiger partial charge in [0.1, 0.15) is 5.82 Å². The molecular weight excluding hydrogens is 348 g/mol. The zero-order valence-electron chi connectivity index (χ0n) is 17.1. The molecule has 1 aromatic heterocycles. The average Bonchev–Trinajstić information content (AvgIpc) is 3.08. The van der Waals surface area contributed by atoms with Crippen LogP contribution in [-0.2, 0) is 11.2 Å². The Morgan fingerprint density at radius 1 is 1.32 bits per heavy atom. The van der Waals surface area contributed by atoms with E-state index in [2.05, 4.69) is 46.9 Å². The Morgan fingerprint density at radius 3 is 3.00 bits per heavy atom. The smallest absolute Gasteiger partial charge is 0.225 e. The number of hydrogen-bond acceptors (Lipinski definition) is 3. The van der Waals surface area contributed by atoms with Crippen molar-refractivity contribution in [3.8, 4) is 0 Å². The minimum absolute atomic E-state index is 0.104. The molecule has 1 saturated heterocycles. The first-order chi connectivity index (χ1) is 13.6. The summed E-state index contributed by atoms with van der Waals surface area (Å²) in [6.07, 6.45) is 8.22. The first-order valence-electron chi connectivity index (χ1n) is 10.8. The lowest BCUT2D eigenvalue weighted by Gasteiger charge is -2.29. The van der Waals surface area contributed by atoms with E-state index in [1.165, 1.54) is 24.0 Å². The van der Waals surface area contributed by atoms with Gasteiger partial charge in [-0.2, -0.15) is 5.10 Å². The first-order valence-corrected chi connectivity index (χ1v) is 10.8. The summed E-state index contributed by atoms with van der Waals surface area (Å²) in [6, 6.07) is 8.84. The molecule has 28 heavy (non-hydrogen) atoms. The summed E-state index contributed by atoms with van der Waals surface area (Å²) in [5.74, 6) is 1.95. The summed E-state index contributed by atoms with van der Waals surface area (Å²) >= 11 is 0. The number of piperidine rings is 1. The normalized spacial score (nSPS) is 23.1. The van der Waals surface area contributed by atoms with Crippen molar-refractivity contribution in [1.82, 2.24) is 15.1 Å². The zero-order valence-corrected chi connectivity index (χ0v) is 17.1. The Kier molecular flexibility index (Phi) is 5.81. The number of nitrogens with zero attached hydrogens (tertiary/aromatic N) is 2. The van der Waals surface area contributed by atoms with Crippen molar-refractivity contribution in [2.75, 3.05) is 18.4 Å². The van der Waals surface area contributed by atoms with Crippen LogP contribution in [0.25, 0.3) is 0 Å². The number of rotatable bonds is 5. The van der Waals surface area contributed by atoms with Gasteiger partial charge in [-0.05, 0) is 75.1 Å². The third-order valence-electron chi connectivity index (χ3n) is 6.52. The molecule has 3 atom stereocenters. The number of aromatic nitrogens is 2. The van der Waals surface area contributed by atoms with Crippen LogP contribution >= 0.6 is 0 Å². The van der Waals surface area contributed by atoms with E-state index in [0.717, 1.165) is 43.7 Å².